The van der Waals surface area contributed by atoms with Gasteiger partial charge in [-0.25, -0.2) is 10.4 Å². The molecule has 0 atom stereocenters. The molecule has 0 aliphatic heterocycles. The van der Waals surface area contributed by atoms with Gasteiger partial charge >= 0.3 is 0 Å². The number of nitriles is 1. The number of ether oxygens (including phenoxy) is 2. The van der Waals surface area contributed by atoms with Gasteiger partial charge in [0.2, 0.25) is 5.88 Å². The van der Waals surface area contributed by atoms with Crippen LogP contribution in [0.25, 0.3) is 0 Å². The summed E-state index contributed by atoms with van der Waals surface area (Å²) in [6.45, 7) is 1.57. The zero-order chi connectivity index (χ0) is 20.7. The van der Waals surface area contributed by atoms with Gasteiger partial charge in [0.05, 0.1) is 23.5 Å². The minimum absolute atomic E-state index is 0.0510. The standard InChI is InChI=1S/C18H15BrCl2N4O3/c1-10-17(19)14(8-27-2)13(6-22)18(24-10)28-9-16(26)25-23-7-11-3-4-12(20)5-15(11)21/h3-5,7H,8-9H2,1-2H3,(H,25,26). The number of rotatable bonds is 7. The van der Waals surface area contributed by atoms with Gasteiger partial charge in [0, 0.05) is 27.7 Å². The van der Waals surface area contributed by atoms with Crippen molar-refractivity contribution in [1.29, 1.82) is 5.26 Å². The molecule has 0 saturated carbocycles. The first-order valence-electron chi connectivity index (χ1n) is 7.85. The predicted octanol–water partition coefficient (Wildman–Crippen LogP) is 4.01. The third-order valence-electron chi connectivity index (χ3n) is 3.46. The molecule has 1 N–H and O–H groups in total. The Hall–Kier alpha value is -2.18. The number of carbonyl (C=O) groups excluding carboxylic acids is 1. The summed E-state index contributed by atoms with van der Waals surface area (Å²) in [5, 5.41) is 14.1. The maximum Gasteiger partial charge on any atom is 0.278 e. The fourth-order valence-electron chi connectivity index (χ4n) is 2.16. The number of methoxy groups -OCH3 is 1. The van der Waals surface area contributed by atoms with Gasteiger partial charge in [0.25, 0.3) is 5.91 Å². The first-order chi connectivity index (χ1) is 13.4. The first-order valence-corrected chi connectivity index (χ1v) is 9.40. The van der Waals surface area contributed by atoms with Gasteiger partial charge in [-0.05, 0) is 35.0 Å². The van der Waals surface area contributed by atoms with Crippen molar-refractivity contribution in [3.05, 3.63) is 55.1 Å². The maximum absolute atomic E-state index is 12.0. The van der Waals surface area contributed by atoms with Crippen LogP contribution in [0.2, 0.25) is 10.0 Å². The number of aromatic nitrogens is 1. The highest BCUT2D eigenvalue weighted by Crippen LogP contribution is 2.29. The van der Waals surface area contributed by atoms with Crippen molar-refractivity contribution in [1.82, 2.24) is 10.4 Å². The highest BCUT2D eigenvalue weighted by Gasteiger charge is 2.18. The van der Waals surface area contributed by atoms with Gasteiger partial charge < -0.3 is 9.47 Å². The van der Waals surface area contributed by atoms with E-state index < -0.39 is 5.91 Å². The fraction of sp³-hybridized carbons (Fsp3) is 0.222. The molecule has 1 aromatic heterocycles. The topological polar surface area (TPSA) is 96.6 Å². The number of nitrogens with one attached hydrogen (secondary N) is 1. The molecule has 0 fully saturated rings. The molecule has 0 spiro atoms. The van der Waals surface area contributed by atoms with Crippen LogP contribution in [0, 0.1) is 18.3 Å². The average molecular weight is 486 g/mol. The van der Waals surface area contributed by atoms with Crippen LogP contribution in [0.1, 0.15) is 22.4 Å². The Morgan fingerprint density at radius 2 is 2.21 bits per heavy atom. The molecular formula is C18H15BrCl2N4O3. The number of pyridine rings is 1. The Balaban J connectivity index is 2.04. The lowest BCUT2D eigenvalue weighted by molar-refractivity contribution is -0.123. The highest BCUT2D eigenvalue weighted by molar-refractivity contribution is 9.10. The van der Waals surface area contributed by atoms with Crippen molar-refractivity contribution in [3.63, 3.8) is 0 Å². The molecule has 0 radical (unpaired) electrons. The monoisotopic (exact) mass is 484 g/mol. The summed E-state index contributed by atoms with van der Waals surface area (Å²) >= 11 is 15.2. The number of carbonyl (C=O) groups is 1. The lowest BCUT2D eigenvalue weighted by Gasteiger charge is -2.13. The molecule has 1 amide bonds. The second-order valence-corrected chi connectivity index (χ2v) is 7.10. The summed E-state index contributed by atoms with van der Waals surface area (Å²) in [6, 6.07) is 6.92. The number of hydrogen-bond acceptors (Lipinski definition) is 6. The molecule has 10 heteroatoms. The summed E-state index contributed by atoms with van der Waals surface area (Å²) < 4.78 is 11.2. The minimum Gasteiger partial charge on any atom is -0.467 e. The van der Waals surface area contributed by atoms with Gasteiger partial charge in [-0.2, -0.15) is 10.4 Å². The number of amides is 1. The summed E-state index contributed by atoms with van der Waals surface area (Å²) in [4.78, 5) is 16.2. The summed E-state index contributed by atoms with van der Waals surface area (Å²) in [5.41, 5.74) is 4.31. The quantitative estimate of drug-likeness (QED) is 0.472. The van der Waals surface area contributed by atoms with Gasteiger partial charge in [0.1, 0.15) is 11.6 Å². The molecule has 0 aliphatic carbocycles. The first kappa shape index (κ1) is 22.1. The van der Waals surface area contributed by atoms with Crippen LogP contribution in [-0.2, 0) is 16.1 Å². The number of benzene rings is 1. The van der Waals surface area contributed by atoms with E-state index in [1.165, 1.54) is 13.3 Å². The number of halogens is 3. The zero-order valence-corrected chi connectivity index (χ0v) is 18.0. The Morgan fingerprint density at radius 3 is 2.86 bits per heavy atom. The Kier molecular flexibility index (Phi) is 8.20. The number of hydrogen-bond donors (Lipinski definition) is 1. The van der Waals surface area contributed by atoms with E-state index in [2.05, 4.69) is 31.4 Å². The van der Waals surface area contributed by atoms with Crippen LogP contribution in [0.3, 0.4) is 0 Å². The van der Waals surface area contributed by atoms with Crippen LogP contribution in [0.5, 0.6) is 5.88 Å². The molecule has 2 aromatic rings. The third kappa shape index (κ3) is 5.66. The van der Waals surface area contributed by atoms with Crippen LogP contribution in [-0.4, -0.2) is 30.8 Å². The van der Waals surface area contributed by atoms with E-state index in [1.807, 2.05) is 6.07 Å². The van der Waals surface area contributed by atoms with Crippen LogP contribution >= 0.6 is 39.1 Å². The lowest BCUT2D eigenvalue weighted by atomic mass is 10.1. The predicted molar refractivity (Wildman–Crippen MR) is 110 cm³/mol. The van der Waals surface area contributed by atoms with Crippen molar-refractivity contribution >= 4 is 51.3 Å². The fourth-order valence-corrected chi connectivity index (χ4v) is 3.02. The number of aryl methyl sites for hydroxylation is 1. The number of nitrogens with zero attached hydrogens (tertiary/aromatic N) is 3. The zero-order valence-electron chi connectivity index (χ0n) is 14.9. The maximum atomic E-state index is 12.0. The van der Waals surface area contributed by atoms with Gasteiger partial charge in [-0.3, -0.25) is 4.79 Å². The molecular weight excluding hydrogens is 471 g/mol. The lowest BCUT2D eigenvalue weighted by Crippen LogP contribution is -2.25. The Bertz CT molecular complexity index is 961. The van der Waals surface area contributed by atoms with Gasteiger partial charge in [0.15, 0.2) is 6.61 Å². The highest BCUT2D eigenvalue weighted by atomic mass is 79.9. The SMILES string of the molecule is COCc1c(Br)c(C)nc(OCC(=O)NN=Cc2ccc(Cl)cc2Cl)c1C#N. The normalized spacial score (nSPS) is 10.7. The molecule has 2 rings (SSSR count). The molecule has 28 heavy (non-hydrogen) atoms. The van der Waals surface area contributed by atoms with Crippen LogP contribution < -0.4 is 10.2 Å². The second-order valence-electron chi connectivity index (χ2n) is 5.46. The van der Waals surface area contributed by atoms with Crippen molar-refractivity contribution < 1.29 is 14.3 Å². The van der Waals surface area contributed by atoms with Crippen LogP contribution in [0.4, 0.5) is 0 Å². The number of hydrazone groups is 1. The van der Waals surface area contributed by atoms with Crippen molar-refractivity contribution in [2.75, 3.05) is 13.7 Å². The largest absolute Gasteiger partial charge is 0.467 e. The van der Waals surface area contributed by atoms with Gasteiger partial charge in [-0.15, -0.1) is 0 Å². The molecule has 146 valence electrons. The van der Waals surface area contributed by atoms with Crippen LogP contribution in [0.15, 0.2) is 27.8 Å². The smallest absolute Gasteiger partial charge is 0.278 e. The van der Waals surface area contributed by atoms with E-state index in [0.29, 0.717) is 31.3 Å². The summed E-state index contributed by atoms with van der Waals surface area (Å²) in [5.74, 6) is -0.476. The Morgan fingerprint density at radius 1 is 1.46 bits per heavy atom. The summed E-state index contributed by atoms with van der Waals surface area (Å²) in [6.07, 6.45) is 1.38. The van der Waals surface area contributed by atoms with E-state index in [-0.39, 0.29) is 24.7 Å². The summed E-state index contributed by atoms with van der Waals surface area (Å²) in [7, 11) is 1.52. The van der Waals surface area contributed by atoms with Gasteiger partial charge in [-0.1, -0.05) is 29.3 Å². The van der Waals surface area contributed by atoms with Crippen molar-refractivity contribution in [2.24, 2.45) is 5.10 Å². The minimum atomic E-state index is -0.527. The molecule has 1 heterocycles. The van der Waals surface area contributed by atoms with E-state index in [0.717, 1.165) is 0 Å². The average Bonchev–Trinajstić information content (AvgIpc) is 2.66. The molecule has 0 saturated heterocycles. The molecule has 0 bridgehead atoms. The van der Waals surface area contributed by atoms with Crippen molar-refractivity contribution in [3.8, 4) is 11.9 Å². The second kappa shape index (κ2) is 10.4. The Labute approximate surface area is 180 Å². The molecule has 7 nitrogen and oxygen atoms in total. The third-order valence-corrected chi connectivity index (χ3v) is 5.08. The van der Waals surface area contributed by atoms with Crippen molar-refractivity contribution in [2.45, 2.75) is 13.5 Å². The van der Waals surface area contributed by atoms with E-state index in [9.17, 15) is 10.1 Å². The van der Waals surface area contributed by atoms with E-state index in [1.54, 1.807) is 25.1 Å². The van der Waals surface area contributed by atoms with E-state index in [4.69, 9.17) is 32.7 Å². The molecule has 0 aliphatic rings. The molecule has 1 aromatic carbocycles. The molecule has 0 unspecified atom stereocenters. The van der Waals surface area contributed by atoms with E-state index >= 15 is 0 Å².